The van der Waals surface area contributed by atoms with Crippen LogP contribution in [0.4, 0.5) is 0 Å². The van der Waals surface area contributed by atoms with Crippen LogP contribution in [0.2, 0.25) is 0 Å². The number of nitrogens with zero attached hydrogens (tertiary/aromatic N) is 1. The molecule has 2 aliphatic carbocycles. The minimum Gasteiger partial charge on any atom is -0.309 e. The average molecular weight is 1120 g/mol. The molecule has 1 nitrogen and oxygen atoms in total. The third-order valence-electron chi connectivity index (χ3n) is 19.5. The van der Waals surface area contributed by atoms with Gasteiger partial charge in [0, 0.05) is 32.2 Å². The van der Waals surface area contributed by atoms with Crippen molar-refractivity contribution in [2.75, 3.05) is 0 Å². The van der Waals surface area contributed by atoms with Crippen molar-refractivity contribution in [2.24, 2.45) is 0 Å². The van der Waals surface area contributed by atoms with E-state index in [0.29, 0.717) is 0 Å². The summed E-state index contributed by atoms with van der Waals surface area (Å²) < 4.78 is 2.48. The topological polar surface area (TPSA) is 4.93 Å². The minimum atomic E-state index is -0.563. The summed E-state index contributed by atoms with van der Waals surface area (Å²) >= 11 is 1.89. The van der Waals surface area contributed by atoms with Gasteiger partial charge in [-0.3, -0.25) is 0 Å². The highest BCUT2D eigenvalue weighted by molar-refractivity contribution is 7.99. The van der Waals surface area contributed by atoms with E-state index in [4.69, 9.17) is 0 Å². The zero-order valence-electron chi connectivity index (χ0n) is 47.6. The van der Waals surface area contributed by atoms with Crippen LogP contribution in [0.15, 0.2) is 337 Å². The first-order valence-electron chi connectivity index (χ1n) is 30.3. The normalized spacial score (nSPS) is 14.1. The molecule has 1 atom stereocenters. The first-order chi connectivity index (χ1) is 43.2. The van der Waals surface area contributed by atoms with Gasteiger partial charge in [-0.15, -0.1) is 0 Å². The summed E-state index contributed by atoms with van der Waals surface area (Å²) in [4.78, 5) is 2.62. The van der Waals surface area contributed by atoms with Crippen molar-refractivity contribution in [1.82, 2.24) is 4.57 Å². The lowest BCUT2D eigenvalue weighted by Crippen LogP contribution is -2.31. The fourth-order valence-electron chi connectivity index (χ4n) is 16.0. The molecule has 0 saturated heterocycles. The van der Waals surface area contributed by atoms with Crippen LogP contribution in [-0.2, 0) is 10.8 Å². The van der Waals surface area contributed by atoms with Crippen LogP contribution >= 0.6 is 11.8 Å². The van der Waals surface area contributed by atoms with Gasteiger partial charge in [0.2, 0.25) is 0 Å². The Bertz CT molecular complexity index is 5170. The van der Waals surface area contributed by atoms with E-state index in [2.05, 4.69) is 332 Å². The Labute approximate surface area is 511 Å². The van der Waals surface area contributed by atoms with Crippen LogP contribution in [-0.4, -0.2) is 4.57 Å². The number of benzene rings is 14. The molecule has 2 heterocycles. The van der Waals surface area contributed by atoms with Crippen molar-refractivity contribution < 1.29 is 0 Å². The zero-order chi connectivity index (χ0) is 57.2. The van der Waals surface area contributed by atoms with Crippen LogP contribution in [0.1, 0.15) is 67.1 Å². The molecule has 2 heteroatoms. The smallest absolute Gasteiger partial charge is 0.0735 e. The maximum absolute atomic E-state index is 2.51. The van der Waals surface area contributed by atoms with Crippen LogP contribution in [0.5, 0.6) is 0 Å². The lowest BCUT2D eigenvalue weighted by Gasteiger charge is -2.39. The van der Waals surface area contributed by atoms with E-state index in [0.717, 1.165) is 5.69 Å². The second kappa shape index (κ2) is 19.5. The number of hydrogen-bond donors (Lipinski definition) is 0. The summed E-state index contributed by atoms with van der Waals surface area (Å²) in [5.41, 5.74) is 26.8. The standard InChI is InChI=1S/C85H55NS/c1-3-27-62(28-4-1)84(72-37-14-10-32-65(72)66-33-11-15-38-73(66)84)71-36-13-9-31-64(71)60-25-21-26-61(51-60)82(69-35-22-42-78-83(69)70-52-57-23-7-8-24-58(57)54-79(70)86(78)63-29-5-2-6-30-63)56-47-45-55(46-48-56)59-49-50-68-67-34-12-16-39-74(67)85(77(68)53-59)75-40-17-19-43-80(75)87-81-44-20-18-41-76(81)85/h1-54,82H. The van der Waals surface area contributed by atoms with Gasteiger partial charge in [-0.2, -0.15) is 0 Å². The Kier molecular flexibility index (Phi) is 11.2. The molecule has 0 amide bonds. The minimum absolute atomic E-state index is 0.155. The molecule has 18 rings (SSSR count). The molecule has 14 aromatic carbocycles. The van der Waals surface area contributed by atoms with Gasteiger partial charge in [-0.25, -0.2) is 0 Å². The van der Waals surface area contributed by atoms with Crippen molar-refractivity contribution in [3.8, 4) is 50.2 Å². The number of rotatable bonds is 8. The molecule has 15 aromatic rings. The molecule has 1 aliphatic heterocycles. The average Bonchev–Trinajstić information content (AvgIpc) is 1.62. The van der Waals surface area contributed by atoms with E-state index >= 15 is 0 Å². The van der Waals surface area contributed by atoms with E-state index in [9.17, 15) is 0 Å². The highest BCUT2D eigenvalue weighted by Crippen LogP contribution is 2.63. The molecule has 0 bridgehead atoms. The summed E-state index contributed by atoms with van der Waals surface area (Å²) in [5, 5.41) is 4.96. The summed E-state index contributed by atoms with van der Waals surface area (Å²) in [7, 11) is 0. The fraction of sp³-hybridized carbons (Fsp3) is 0.0353. The zero-order valence-corrected chi connectivity index (χ0v) is 48.4. The van der Waals surface area contributed by atoms with Crippen LogP contribution in [0.3, 0.4) is 0 Å². The Morgan fingerprint density at radius 2 is 0.793 bits per heavy atom. The maximum atomic E-state index is 2.51. The van der Waals surface area contributed by atoms with Crippen LogP contribution in [0, 0.1) is 0 Å². The van der Waals surface area contributed by atoms with E-state index < -0.39 is 10.8 Å². The van der Waals surface area contributed by atoms with Crippen molar-refractivity contribution in [2.45, 2.75) is 26.5 Å². The second-order valence-electron chi connectivity index (χ2n) is 23.7. The van der Waals surface area contributed by atoms with Gasteiger partial charge in [0.15, 0.2) is 0 Å². The van der Waals surface area contributed by atoms with Gasteiger partial charge in [0.1, 0.15) is 0 Å². The number of para-hydroxylation sites is 1. The molecule has 1 unspecified atom stereocenters. The fourth-order valence-corrected chi connectivity index (χ4v) is 17.1. The van der Waals surface area contributed by atoms with Gasteiger partial charge in [0.05, 0.1) is 21.9 Å². The van der Waals surface area contributed by atoms with Crippen molar-refractivity contribution in [3.05, 3.63) is 389 Å². The van der Waals surface area contributed by atoms with Crippen LogP contribution in [0.25, 0.3) is 82.8 Å². The third-order valence-corrected chi connectivity index (χ3v) is 20.6. The Hall–Kier alpha value is -10.5. The van der Waals surface area contributed by atoms with Gasteiger partial charge < -0.3 is 4.57 Å². The highest BCUT2D eigenvalue weighted by atomic mass is 32.2. The van der Waals surface area contributed by atoms with Crippen molar-refractivity contribution in [3.63, 3.8) is 0 Å². The molecule has 87 heavy (non-hydrogen) atoms. The second-order valence-corrected chi connectivity index (χ2v) is 24.8. The molecular formula is C85H55NS. The molecule has 0 fully saturated rings. The monoisotopic (exact) mass is 1120 g/mol. The molecule has 406 valence electrons. The SMILES string of the molecule is c1ccc(-n2c3cc4ccccc4cc3c3c(C(c4ccc(-c5ccc6c(c5)C5(c7ccccc7Sc7ccccc75)c5ccccc5-6)cc4)c4cccc(-c5ccccc5C5(c6ccccc6)c6ccccc6-c6ccccc65)c4)cccc32)cc1. The summed E-state index contributed by atoms with van der Waals surface area (Å²) in [5.74, 6) is -0.155. The Morgan fingerprint density at radius 1 is 0.287 bits per heavy atom. The predicted molar refractivity (Wildman–Crippen MR) is 362 cm³/mol. The van der Waals surface area contributed by atoms with E-state index in [1.165, 1.54) is 148 Å². The lowest BCUT2D eigenvalue weighted by molar-refractivity contribution is 0.722. The third kappa shape index (κ3) is 7.23. The van der Waals surface area contributed by atoms with E-state index in [1.807, 2.05) is 11.8 Å². The van der Waals surface area contributed by atoms with Gasteiger partial charge >= 0.3 is 0 Å². The molecular weight excluding hydrogens is 1070 g/mol. The maximum Gasteiger partial charge on any atom is 0.0735 e. The molecule has 0 N–H and O–H groups in total. The van der Waals surface area contributed by atoms with Gasteiger partial charge in [-0.05, 0) is 165 Å². The quantitative estimate of drug-likeness (QED) is 0.137. The number of fused-ring (bicyclic) bond motifs is 16. The summed E-state index contributed by atoms with van der Waals surface area (Å²) in [6.45, 7) is 0. The molecule has 1 aromatic heterocycles. The summed E-state index contributed by atoms with van der Waals surface area (Å²) in [6.07, 6.45) is 0. The Balaban J connectivity index is 0.851. The van der Waals surface area contributed by atoms with Crippen molar-refractivity contribution >= 4 is 44.3 Å². The van der Waals surface area contributed by atoms with E-state index in [1.54, 1.807) is 0 Å². The summed E-state index contributed by atoms with van der Waals surface area (Å²) in [6, 6.07) is 124. The van der Waals surface area contributed by atoms with E-state index in [-0.39, 0.29) is 5.92 Å². The largest absolute Gasteiger partial charge is 0.309 e. The van der Waals surface area contributed by atoms with Gasteiger partial charge in [0.25, 0.3) is 0 Å². The van der Waals surface area contributed by atoms with Crippen molar-refractivity contribution in [1.29, 1.82) is 0 Å². The molecule has 3 aliphatic rings. The first kappa shape index (κ1) is 49.9. The van der Waals surface area contributed by atoms with Crippen LogP contribution < -0.4 is 0 Å². The lowest BCUT2D eigenvalue weighted by atomic mass is 9.66. The molecule has 0 radical (unpaired) electrons. The number of aromatic nitrogens is 1. The number of hydrogen-bond acceptors (Lipinski definition) is 1. The highest BCUT2D eigenvalue weighted by Gasteiger charge is 2.51. The molecule has 1 spiro atoms. The Morgan fingerprint density at radius 3 is 1.45 bits per heavy atom. The predicted octanol–water partition coefficient (Wildman–Crippen LogP) is 21.6. The first-order valence-corrected chi connectivity index (χ1v) is 31.2. The molecule has 0 saturated carbocycles. The van der Waals surface area contributed by atoms with Gasteiger partial charge in [-0.1, -0.05) is 291 Å².